The largest absolute Gasteiger partial charge is 0.508 e. The van der Waals surface area contributed by atoms with Crippen LogP contribution in [-0.2, 0) is 4.79 Å². The molecule has 0 saturated carbocycles. The summed E-state index contributed by atoms with van der Waals surface area (Å²) in [5.74, 6) is 0.340. The smallest absolute Gasteiger partial charge is 0.262 e. The molecule has 4 nitrogen and oxygen atoms in total. The van der Waals surface area contributed by atoms with Gasteiger partial charge in [0.1, 0.15) is 11.5 Å². The molecule has 0 atom stereocenters. The van der Waals surface area contributed by atoms with Crippen molar-refractivity contribution < 1.29 is 14.6 Å². The summed E-state index contributed by atoms with van der Waals surface area (Å²) in [5, 5.41) is 12.8. The van der Waals surface area contributed by atoms with E-state index in [1.165, 1.54) is 0 Å². The quantitative estimate of drug-likeness (QED) is 0.908. The summed E-state index contributed by atoms with van der Waals surface area (Å²) in [4.78, 5) is 11.7. The maximum Gasteiger partial charge on any atom is 0.262 e. The monoisotopic (exact) mass is 291 g/mol. The molecule has 0 radical (unpaired) electrons. The van der Waals surface area contributed by atoms with Crippen molar-refractivity contribution in [3.8, 4) is 11.5 Å². The van der Waals surface area contributed by atoms with Crippen LogP contribution >= 0.6 is 11.6 Å². The van der Waals surface area contributed by atoms with Crippen molar-refractivity contribution >= 4 is 23.2 Å². The molecule has 0 bridgehead atoms. The zero-order valence-electron chi connectivity index (χ0n) is 10.9. The second-order valence-electron chi connectivity index (χ2n) is 4.24. The van der Waals surface area contributed by atoms with Gasteiger partial charge in [0.05, 0.1) is 0 Å². The van der Waals surface area contributed by atoms with E-state index in [-0.39, 0.29) is 18.3 Å². The Morgan fingerprint density at radius 1 is 1.25 bits per heavy atom. The van der Waals surface area contributed by atoms with Gasteiger partial charge in [-0.1, -0.05) is 17.7 Å². The topological polar surface area (TPSA) is 58.6 Å². The lowest BCUT2D eigenvalue weighted by molar-refractivity contribution is -0.118. The van der Waals surface area contributed by atoms with E-state index in [1.807, 2.05) is 0 Å². The van der Waals surface area contributed by atoms with Crippen LogP contribution in [0, 0.1) is 6.92 Å². The summed E-state index contributed by atoms with van der Waals surface area (Å²) in [5.41, 5.74) is 1.25. The third-order valence-electron chi connectivity index (χ3n) is 2.74. The van der Waals surface area contributed by atoms with E-state index >= 15 is 0 Å². The number of halogens is 1. The summed E-state index contributed by atoms with van der Waals surface area (Å²) in [6.07, 6.45) is 0. The van der Waals surface area contributed by atoms with Crippen molar-refractivity contribution in [3.05, 3.63) is 53.1 Å². The number of hydrogen-bond donors (Lipinski definition) is 2. The van der Waals surface area contributed by atoms with Gasteiger partial charge in [-0.15, -0.1) is 0 Å². The van der Waals surface area contributed by atoms with Crippen LogP contribution in [0.25, 0.3) is 0 Å². The first kappa shape index (κ1) is 14.2. The Hall–Kier alpha value is -2.20. The number of amides is 1. The molecule has 0 aliphatic heterocycles. The fourth-order valence-corrected chi connectivity index (χ4v) is 1.76. The molecule has 2 rings (SSSR count). The number of aromatic hydroxyl groups is 1. The maximum absolute atomic E-state index is 11.7. The van der Waals surface area contributed by atoms with E-state index in [9.17, 15) is 9.90 Å². The summed E-state index contributed by atoms with van der Waals surface area (Å²) in [6.45, 7) is 1.59. The van der Waals surface area contributed by atoms with Crippen LogP contribution in [0.3, 0.4) is 0 Å². The molecular weight excluding hydrogens is 278 g/mol. The van der Waals surface area contributed by atoms with Gasteiger partial charge in [-0.2, -0.15) is 0 Å². The lowest BCUT2D eigenvalue weighted by Gasteiger charge is -2.10. The first-order valence-corrected chi connectivity index (χ1v) is 6.41. The highest BCUT2D eigenvalue weighted by Crippen LogP contribution is 2.25. The lowest BCUT2D eigenvalue weighted by Crippen LogP contribution is -2.20. The first-order valence-electron chi connectivity index (χ1n) is 6.03. The molecule has 0 heterocycles. The fourth-order valence-electron chi connectivity index (χ4n) is 1.63. The number of nitrogens with one attached hydrogen (secondary N) is 1. The van der Waals surface area contributed by atoms with Gasteiger partial charge in [0.15, 0.2) is 6.61 Å². The Morgan fingerprint density at radius 2 is 1.95 bits per heavy atom. The van der Waals surface area contributed by atoms with Gasteiger partial charge in [-0.3, -0.25) is 4.79 Å². The van der Waals surface area contributed by atoms with Gasteiger partial charge in [0, 0.05) is 16.3 Å². The molecule has 20 heavy (non-hydrogen) atoms. The number of ether oxygens (including phenoxy) is 1. The zero-order chi connectivity index (χ0) is 14.5. The van der Waals surface area contributed by atoms with Gasteiger partial charge in [0.2, 0.25) is 0 Å². The molecule has 1 amide bonds. The highest BCUT2D eigenvalue weighted by molar-refractivity contribution is 6.30. The summed E-state index contributed by atoms with van der Waals surface area (Å²) in [6, 6.07) is 11.7. The summed E-state index contributed by atoms with van der Waals surface area (Å²) < 4.78 is 5.38. The molecule has 0 aliphatic carbocycles. The molecule has 104 valence electrons. The minimum atomic E-state index is -0.282. The molecule has 0 unspecified atom stereocenters. The molecule has 2 aromatic carbocycles. The molecule has 0 saturated heterocycles. The first-order chi connectivity index (χ1) is 9.56. The molecular formula is C15H14ClNO3. The van der Waals surface area contributed by atoms with E-state index in [0.29, 0.717) is 22.0 Å². The second kappa shape index (κ2) is 6.30. The number of phenolic OH excluding ortho intramolecular Hbond substituents is 1. The van der Waals surface area contributed by atoms with Crippen LogP contribution in [0.1, 0.15) is 5.56 Å². The van der Waals surface area contributed by atoms with Gasteiger partial charge < -0.3 is 15.2 Å². The normalized spacial score (nSPS) is 10.1. The molecule has 0 aliphatic rings. The van der Waals surface area contributed by atoms with Crippen molar-refractivity contribution in [1.29, 1.82) is 0 Å². The standard InChI is InChI=1S/C15H14ClNO3/c1-10-13(18)3-2-4-14(10)20-9-15(19)17-12-7-5-11(16)6-8-12/h2-8,18H,9H2,1H3,(H,17,19). The zero-order valence-corrected chi connectivity index (χ0v) is 11.6. The second-order valence-corrected chi connectivity index (χ2v) is 4.68. The Balaban J connectivity index is 1.92. The van der Waals surface area contributed by atoms with Crippen molar-refractivity contribution in [2.45, 2.75) is 6.92 Å². The molecule has 5 heteroatoms. The number of carbonyl (C=O) groups excluding carboxylic acids is 1. The number of rotatable bonds is 4. The minimum absolute atomic E-state index is 0.132. The van der Waals surface area contributed by atoms with E-state index in [4.69, 9.17) is 16.3 Å². The molecule has 2 aromatic rings. The Bertz CT molecular complexity index is 611. The molecule has 0 aromatic heterocycles. The van der Waals surface area contributed by atoms with Gasteiger partial charge >= 0.3 is 0 Å². The predicted molar refractivity (Wildman–Crippen MR) is 78.4 cm³/mol. The van der Waals surface area contributed by atoms with Gasteiger partial charge in [-0.05, 0) is 43.3 Å². The van der Waals surface area contributed by atoms with Crippen LogP contribution in [0.15, 0.2) is 42.5 Å². The van der Waals surface area contributed by atoms with Crippen LogP contribution in [0.2, 0.25) is 5.02 Å². The SMILES string of the molecule is Cc1c(O)cccc1OCC(=O)Nc1ccc(Cl)cc1. The minimum Gasteiger partial charge on any atom is -0.508 e. The third-order valence-corrected chi connectivity index (χ3v) is 2.99. The molecule has 0 fully saturated rings. The van der Waals surface area contributed by atoms with Crippen molar-refractivity contribution in [2.24, 2.45) is 0 Å². The number of anilines is 1. The van der Waals surface area contributed by atoms with Crippen LogP contribution in [0.5, 0.6) is 11.5 Å². The number of hydrogen-bond acceptors (Lipinski definition) is 3. The third kappa shape index (κ3) is 3.65. The average molecular weight is 292 g/mol. The van der Waals surface area contributed by atoms with Crippen molar-refractivity contribution in [2.75, 3.05) is 11.9 Å². The van der Waals surface area contributed by atoms with Gasteiger partial charge in [0.25, 0.3) is 5.91 Å². The highest BCUT2D eigenvalue weighted by atomic mass is 35.5. The van der Waals surface area contributed by atoms with Crippen molar-refractivity contribution in [3.63, 3.8) is 0 Å². The average Bonchev–Trinajstić information content (AvgIpc) is 2.43. The van der Waals surface area contributed by atoms with Crippen LogP contribution in [0.4, 0.5) is 5.69 Å². The lowest BCUT2D eigenvalue weighted by atomic mass is 10.2. The number of carbonyl (C=O) groups is 1. The maximum atomic E-state index is 11.7. The highest BCUT2D eigenvalue weighted by Gasteiger charge is 2.07. The number of benzene rings is 2. The molecule has 2 N–H and O–H groups in total. The molecule has 0 spiro atoms. The van der Waals surface area contributed by atoms with E-state index in [1.54, 1.807) is 49.4 Å². The van der Waals surface area contributed by atoms with E-state index in [0.717, 1.165) is 0 Å². The fraction of sp³-hybridized carbons (Fsp3) is 0.133. The Morgan fingerprint density at radius 3 is 2.65 bits per heavy atom. The van der Waals surface area contributed by atoms with Crippen LogP contribution < -0.4 is 10.1 Å². The summed E-state index contributed by atoms with van der Waals surface area (Å²) >= 11 is 5.76. The van der Waals surface area contributed by atoms with Gasteiger partial charge in [-0.25, -0.2) is 0 Å². The van der Waals surface area contributed by atoms with Crippen LogP contribution in [-0.4, -0.2) is 17.6 Å². The predicted octanol–water partition coefficient (Wildman–Crippen LogP) is 3.37. The van der Waals surface area contributed by atoms with E-state index in [2.05, 4.69) is 5.32 Å². The van der Waals surface area contributed by atoms with E-state index < -0.39 is 0 Å². The summed E-state index contributed by atoms with van der Waals surface area (Å²) in [7, 11) is 0. The Kier molecular flexibility index (Phi) is 4.48. The number of phenols is 1. The van der Waals surface area contributed by atoms with Crippen molar-refractivity contribution in [1.82, 2.24) is 0 Å². The Labute approximate surface area is 122 Å².